The van der Waals surface area contributed by atoms with E-state index < -0.39 is 0 Å². The molecule has 1 rings (SSSR count). The summed E-state index contributed by atoms with van der Waals surface area (Å²) < 4.78 is 4.91. The molecule has 1 heterocycles. The molecule has 5 heteroatoms. The van der Waals surface area contributed by atoms with Crippen LogP contribution in [0, 0.1) is 6.92 Å². The lowest BCUT2D eigenvalue weighted by molar-refractivity contribution is 0.0843. The van der Waals surface area contributed by atoms with E-state index in [0.717, 1.165) is 6.42 Å². The van der Waals surface area contributed by atoms with Gasteiger partial charge in [-0.15, -0.1) is 11.3 Å². The molecule has 0 radical (unpaired) electrons. The molecule has 0 spiro atoms. The monoisotopic (exact) mass is 257 g/mol. The molecule has 96 valence electrons. The van der Waals surface area contributed by atoms with E-state index in [4.69, 9.17) is 9.84 Å². The standard InChI is InChI=1S/C12H19NO3S/c1-4-9-5-11(17-8(9)2)12(15)13-10(6-14)7-16-3/h5,10,14H,4,6-7H2,1-3H3,(H,13,15). The van der Waals surface area contributed by atoms with Gasteiger partial charge in [0.15, 0.2) is 0 Å². The van der Waals surface area contributed by atoms with E-state index in [1.165, 1.54) is 21.8 Å². The predicted molar refractivity (Wildman–Crippen MR) is 68.7 cm³/mol. The first kappa shape index (κ1) is 14.2. The predicted octanol–water partition coefficient (Wildman–Crippen LogP) is 1.36. The number of ether oxygens (including phenoxy) is 1. The Balaban J connectivity index is 2.68. The van der Waals surface area contributed by atoms with E-state index in [-0.39, 0.29) is 18.6 Å². The third kappa shape index (κ3) is 3.80. The van der Waals surface area contributed by atoms with Crippen molar-refractivity contribution in [2.24, 2.45) is 0 Å². The lowest BCUT2D eigenvalue weighted by Gasteiger charge is -2.14. The number of nitrogens with one attached hydrogen (secondary N) is 1. The average Bonchev–Trinajstić information content (AvgIpc) is 2.70. The van der Waals surface area contributed by atoms with Crippen molar-refractivity contribution in [3.63, 3.8) is 0 Å². The Morgan fingerprint density at radius 1 is 1.65 bits per heavy atom. The molecule has 1 aromatic heterocycles. The zero-order valence-corrected chi connectivity index (χ0v) is 11.3. The van der Waals surface area contributed by atoms with Crippen LogP contribution in [-0.2, 0) is 11.2 Å². The second-order valence-electron chi connectivity index (χ2n) is 3.85. The SMILES string of the molecule is CCc1cc(C(=O)NC(CO)COC)sc1C. The zero-order valence-electron chi connectivity index (χ0n) is 10.4. The second-order valence-corrected chi connectivity index (χ2v) is 5.11. The van der Waals surface area contributed by atoms with Crippen LogP contribution in [-0.4, -0.2) is 37.4 Å². The smallest absolute Gasteiger partial charge is 0.261 e. The molecule has 1 aromatic rings. The Morgan fingerprint density at radius 3 is 2.82 bits per heavy atom. The van der Waals surface area contributed by atoms with Crippen molar-refractivity contribution in [2.45, 2.75) is 26.3 Å². The first-order chi connectivity index (χ1) is 8.12. The van der Waals surface area contributed by atoms with E-state index in [0.29, 0.717) is 11.5 Å². The molecule has 0 bridgehead atoms. The number of carbonyl (C=O) groups is 1. The fraction of sp³-hybridized carbons (Fsp3) is 0.583. The molecular formula is C12H19NO3S. The van der Waals surface area contributed by atoms with Gasteiger partial charge in [-0.25, -0.2) is 0 Å². The molecule has 1 atom stereocenters. The van der Waals surface area contributed by atoms with Crippen LogP contribution in [0.15, 0.2) is 6.07 Å². The number of aliphatic hydroxyl groups excluding tert-OH is 1. The highest BCUT2D eigenvalue weighted by Gasteiger charge is 2.15. The minimum absolute atomic E-state index is 0.120. The Bertz CT molecular complexity index is 376. The fourth-order valence-electron chi connectivity index (χ4n) is 1.58. The fourth-order valence-corrected chi connectivity index (χ4v) is 2.60. The summed E-state index contributed by atoms with van der Waals surface area (Å²) in [5.41, 5.74) is 1.20. The van der Waals surface area contributed by atoms with Gasteiger partial charge >= 0.3 is 0 Å². The summed E-state index contributed by atoms with van der Waals surface area (Å²) in [5, 5.41) is 11.8. The molecule has 0 saturated carbocycles. The van der Waals surface area contributed by atoms with Crippen LogP contribution >= 0.6 is 11.3 Å². The summed E-state index contributed by atoms with van der Waals surface area (Å²) in [6.07, 6.45) is 0.928. The normalized spacial score (nSPS) is 12.5. The summed E-state index contributed by atoms with van der Waals surface area (Å²) in [4.78, 5) is 13.8. The number of methoxy groups -OCH3 is 1. The lowest BCUT2D eigenvalue weighted by Crippen LogP contribution is -2.40. The zero-order chi connectivity index (χ0) is 12.8. The first-order valence-corrected chi connectivity index (χ1v) is 6.44. The number of rotatable bonds is 6. The molecule has 17 heavy (non-hydrogen) atoms. The molecule has 1 unspecified atom stereocenters. The van der Waals surface area contributed by atoms with Crippen LogP contribution in [0.5, 0.6) is 0 Å². The maximum atomic E-state index is 11.9. The van der Waals surface area contributed by atoms with Crippen LogP contribution in [0.1, 0.15) is 27.0 Å². The van der Waals surface area contributed by atoms with Crippen molar-refractivity contribution < 1.29 is 14.6 Å². The van der Waals surface area contributed by atoms with E-state index in [9.17, 15) is 4.79 Å². The summed E-state index contributed by atoms with van der Waals surface area (Å²) in [6.45, 7) is 4.27. The molecule has 0 saturated heterocycles. The molecule has 0 aliphatic carbocycles. The van der Waals surface area contributed by atoms with E-state index in [2.05, 4.69) is 12.2 Å². The summed E-state index contributed by atoms with van der Waals surface area (Å²) >= 11 is 1.48. The molecule has 0 aromatic carbocycles. The van der Waals surface area contributed by atoms with Gasteiger partial charge in [-0.05, 0) is 25.0 Å². The lowest BCUT2D eigenvalue weighted by atomic mass is 10.2. The molecule has 1 amide bonds. The molecule has 4 nitrogen and oxygen atoms in total. The van der Waals surface area contributed by atoms with Crippen molar-refractivity contribution in [2.75, 3.05) is 20.3 Å². The van der Waals surface area contributed by atoms with E-state index in [1.807, 2.05) is 13.0 Å². The quantitative estimate of drug-likeness (QED) is 0.809. The van der Waals surface area contributed by atoms with Gasteiger partial charge in [0.25, 0.3) is 5.91 Å². The first-order valence-electron chi connectivity index (χ1n) is 5.62. The van der Waals surface area contributed by atoms with E-state index >= 15 is 0 Å². The van der Waals surface area contributed by atoms with Gasteiger partial charge in [0.05, 0.1) is 24.1 Å². The number of hydrogen-bond donors (Lipinski definition) is 2. The Morgan fingerprint density at radius 2 is 2.35 bits per heavy atom. The maximum Gasteiger partial charge on any atom is 0.261 e. The Labute approximate surface area is 106 Å². The molecule has 0 aliphatic rings. The highest BCUT2D eigenvalue weighted by molar-refractivity contribution is 7.14. The summed E-state index contributed by atoms with van der Waals surface area (Å²) in [5.74, 6) is -0.145. The summed E-state index contributed by atoms with van der Waals surface area (Å²) in [6, 6.07) is 1.57. The Kier molecular flexibility index (Phi) is 5.61. The van der Waals surface area contributed by atoms with Crippen LogP contribution < -0.4 is 5.32 Å². The number of thiophene rings is 1. The van der Waals surface area contributed by atoms with Crippen molar-refractivity contribution in [3.05, 3.63) is 21.4 Å². The van der Waals surface area contributed by atoms with Crippen LogP contribution in [0.4, 0.5) is 0 Å². The van der Waals surface area contributed by atoms with Crippen molar-refractivity contribution in [3.8, 4) is 0 Å². The van der Waals surface area contributed by atoms with Crippen molar-refractivity contribution >= 4 is 17.2 Å². The number of carbonyl (C=O) groups excluding carboxylic acids is 1. The number of hydrogen-bond acceptors (Lipinski definition) is 4. The van der Waals surface area contributed by atoms with Gasteiger partial charge in [0.1, 0.15) is 0 Å². The number of aliphatic hydroxyl groups is 1. The van der Waals surface area contributed by atoms with Crippen LogP contribution in [0.3, 0.4) is 0 Å². The van der Waals surface area contributed by atoms with Gasteiger partial charge in [0, 0.05) is 12.0 Å². The maximum absolute atomic E-state index is 11.9. The van der Waals surface area contributed by atoms with Crippen LogP contribution in [0.2, 0.25) is 0 Å². The highest BCUT2D eigenvalue weighted by atomic mass is 32.1. The van der Waals surface area contributed by atoms with E-state index in [1.54, 1.807) is 7.11 Å². The topological polar surface area (TPSA) is 58.6 Å². The highest BCUT2D eigenvalue weighted by Crippen LogP contribution is 2.21. The number of amides is 1. The minimum atomic E-state index is -0.347. The largest absolute Gasteiger partial charge is 0.394 e. The van der Waals surface area contributed by atoms with Gasteiger partial charge in [-0.2, -0.15) is 0 Å². The van der Waals surface area contributed by atoms with Gasteiger partial charge < -0.3 is 15.2 Å². The molecular weight excluding hydrogens is 238 g/mol. The second kappa shape index (κ2) is 6.74. The summed E-state index contributed by atoms with van der Waals surface area (Å²) in [7, 11) is 1.54. The Hall–Kier alpha value is -0.910. The molecule has 2 N–H and O–H groups in total. The third-order valence-electron chi connectivity index (χ3n) is 2.55. The van der Waals surface area contributed by atoms with Crippen LogP contribution in [0.25, 0.3) is 0 Å². The van der Waals surface area contributed by atoms with Crippen molar-refractivity contribution in [1.29, 1.82) is 0 Å². The number of aryl methyl sites for hydroxylation is 2. The average molecular weight is 257 g/mol. The molecule has 0 aliphatic heterocycles. The van der Waals surface area contributed by atoms with Crippen molar-refractivity contribution in [1.82, 2.24) is 5.32 Å². The van der Waals surface area contributed by atoms with Gasteiger partial charge in [0.2, 0.25) is 0 Å². The minimum Gasteiger partial charge on any atom is -0.394 e. The van der Waals surface area contributed by atoms with Gasteiger partial charge in [-0.1, -0.05) is 6.92 Å². The molecule has 0 fully saturated rings. The third-order valence-corrected chi connectivity index (χ3v) is 3.64. The van der Waals surface area contributed by atoms with Gasteiger partial charge in [-0.3, -0.25) is 4.79 Å².